The molecule has 0 spiro atoms. The summed E-state index contributed by atoms with van der Waals surface area (Å²) in [4.78, 5) is 24.8. The van der Waals surface area contributed by atoms with E-state index in [4.69, 9.17) is 19.3 Å². The van der Waals surface area contributed by atoms with Crippen molar-refractivity contribution in [2.75, 3.05) is 40.6 Å². The minimum atomic E-state index is -0.533. The molecule has 3 N–H and O–H groups in total. The first-order chi connectivity index (χ1) is 17.0. The maximum Gasteiger partial charge on any atom is 0.259 e. The van der Waals surface area contributed by atoms with Gasteiger partial charge in [0.2, 0.25) is 0 Å². The third kappa shape index (κ3) is 6.75. The number of benzene rings is 2. The molecule has 0 atom stereocenters. The van der Waals surface area contributed by atoms with Gasteiger partial charge in [0, 0.05) is 35.4 Å². The van der Waals surface area contributed by atoms with Gasteiger partial charge in [0.1, 0.15) is 12.4 Å². The molecule has 0 unspecified atom stereocenters. The number of nitrogens with zero attached hydrogens (tertiary/aromatic N) is 1. The fraction of sp³-hybridized carbons (Fsp3) is 0.292. The molecule has 3 rings (SSSR count). The average molecular weight is 504 g/mol. The standard InChI is InChI=1S/C24H26FN3O6S/c1-32-10-8-19(17-14-35-23-16(17)4-3-5-18(23)25)27-28-22(30)13-26-24(31)15-6-7-20(34-11-9-29)21(12-15)33-2/h3-7,12,14,29H,8-11,13H2,1-2H3,(H,26,31)(H,28,30)/b27-19+. The van der Waals surface area contributed by atoms with Gasteiger partial charge in [-0.2, -0.15) is 5.10 Å². The number of methoxy groups -OCH3 is 2. The molecule has 186 valence electrons. The van der Waals surface area contributed by atoms with Gasteiger partial charge in [-0.3, -0.25) is 9.59 Å². The molecule has 0 aliphatic carbocycles. The van der Waals surface area contributed by atoms with E-state index in [0.717, 1.165) is 0 Å². The molecule has 2 amide bonds. The Kier molecular flexibility index (Phi) is 9.53. The minimum absolute atomic E-state index is 0.0884. The summed E-state index contributed by atoms with van der Waals surface area (Å²) in [6.45, 7) is -0.0251. The van der Waals surface area contributed by atoms with E-state index in [1.54, 1.807) is 30.7 Å². The molecular weight excluding hydrogens is 477 g/mol. The molecule has 0 radical (unpaired) electrons. The van der Waals surface area contributed by atoms with Gasteiger partial charge in [0.25, 0.3) is 11.8 Å². The van der Waals surface area contributed by atoms with Crippen LogP contribution in [0.15, 0.2) is 46.9 Å². The molecule has 0 bridgehead atoms. The van der Waals surface area contributed by atoms with Crippen molar-refractivity contribution in [2.24, 2.45) is 5.10 Å². The first-order valence-corrected chi connectivity index (χ1v) is 11.6. The highest BCUT2D eigenvalue weighted by molar-refractivity contribution is 7.17. The summed E-state index contributed by atoms with van der Waals surface area (Å²) >= 11 is 1.26. The number of nitrogens with one attached hydrogen (secondary N) is 2. The van der Waals surface area contributed by atoms with Crippen LogP contribution < -0.4 is 20.2 Å². The fourth-order valence-corrected chi connectivity index (χ4v) is 4.19. The Hall–Kier alpha value is -3.54. The number of halogens is 1. The fourth-order valence-electron chi connectivity index (χ4n) is 3.21. The maximum absolute atomic E-state index is 14.1. The number of amides is 2. The number of rotatable bonds is 12. The lowest BCUT2D eigenvalue weighted by atomic mass is 10.1. The Morgan fingerprint density at radius 2 is 1.97 bits per heavy atom. The number of thiophene rings is 1. The maximum atomic E-state index is 14.1. The zero-order chi connectivity index (χ0) is 25.2. The first kappa shape index (κ1) is 26.1. The van der Waals surface area contributed by atoms with Crippen LogP contribution in [-0.4, -0.2) is 63.2 Å². The van der Waals surface area contributed by atoms with E-state index >= 15 is 0 Å². The van der Waals surface area contributed by atoms with Crippen LogP contribution in [0.5, 0.6) is 11.5 Å². The molecule has 35 heavy (non-hydrogen) atoms. The summed E-state index contributed by atoms with van der Waals surface area (Å²) in [5.74, 6) is -0.637. The zero-order valence-electron chi connectivity index (χ0n) is 19.3. The lowest BCUT2D eigenvalue weighted by Gasteiger charge is -2.11. The van der Waals surface area contributed by atoms with Gasteiger partial charge in [0.15, 0.2) is 11.5 Å². The second-order valence-corrected chi connectivity index (χ2v) is 8.10. The Morgan fingerprint density at radius 3 is 2.71 bits per heavy atom. The largest absolute Gasteiger partial charge is 0.493 e. The molecule has 1 aromatic heterocycles. The Labute approximate surface area is 205 Å². The van der Waals surface area contributed by atoms with Crippen molar-refractivity contribution in [2.45, 2.75) is 6.42 Å². The summed E-state index contributed by atoms with van der Waals surface area (Å²) in [5.41, 5.74) is 3.95. The molecular formula is C24H26FN3O6S. The molecule has 11 heteroatoms. The van der Waals surface area contributed by atoms with Gasteiger partial charge in [-0.1, -0.05) is 12.1 Å². The van der Waals surface area contributed by atoms with Crippen LogP contribution in [0.25, 0.3) is 10.1 Å². The van der Waals surface area contributed by atoms with Crippen LogP contribution in [0.1, 0.15) is 22.3 Å². The van der Waals surface area contributed by atoms with Crippen molar-refractivity contribution >= 4 is 38.9 Å². The number of hydrogen-bond acceptors (Lipinski definition) is 8. The zero-order valence-corrected chi connectivity index (χ0v) is 20.1. The van der Waals surface area contributed by atoms with E-state index < -0.39 is 11.8 Å². The van der Waals surface area contributed by atoms with Gasteiger partial charge in [0.05, 0.1) is 37.3 Å². The number of fused-ring (bicyclic) bond motifs is 1. The third-order valence-electron chi connectivity index (χ3n) is 4.91. The molecule has 9 nitrogen and oxygen atoms in total. The lowest BCUT2D eigenvalue weighted by Crippen LogP contribution is -2.35. The number of aliphatic hydroxyl groups is 1. The van der Waals surface area contributed by atoms with E-state index in [9.17, 15) is 14.0 Å². The topological polar surface area (TPSA) is 118 Å². The molecule has 1 heterocycles. The number of ether oxygens (including phenoxy) is 3. The van der Waals surface area contributed by atoms with Crippen LogP contribution in [-0.2, 0) is 9.53 Å². The molecule has 0 fully saturated rings. The molecule has 0 saturated heterocycles. The van der Waals surface area contributed by atoms with Crippen LogP contribution in [0, 0.1) is 5.82 Å². The average Bonchev–Trinajstić information content (AvgIpc) is 3.31. The van der Waals surface area contributed by atoms with E-state index in [0.29, 0.717) is 45.9 Å². The highest BCUT2D eigenvalue weighted by Crippen LogP contribution is 2.29. The van der Waals surface area contributed by atoms with E-state index in [-0.39, 0.29) is 31.1 Å². The summed E-state index contributed by atoms with van der Waals surface area (Å²) in [6.07, 6.45) is 0.399. The number of hydrogen-bond donors (Lipinski definition) is 3. The molecule has 3 aromatic rings. The quantitative estimate of drug-likeness (QED) is 0.258. The SMILES string of the molecule is COCC/C(=N\NC(=O)CNC(=O)c1ccc(OCCO)c(OC)c1)c1csc2c(F)cccc12. The van der Waals surface area contributed by atoms with Gasteiger partial charge < -0.3 is 24.6 Å². The molecule has 2 aromatic carbocycles. The summed E-state index contributed by atoms with van der Waals surface area (Å²) < 4.78 is 30.3. The van der Waals surface area contributed by atoms with Crippen molar-refractivity contribution in [1.82, 2.24) is 10.7 Å². The monoisotopic (exact) mass is 503 g/mol. The van der Waals surface area contributed by atoms with Crippen molar-refractivity contribution < 1.29 is 33.3 Å². The van der Waals surface area contributed by atoms with Crippen LogP contribution in [0.3, 0.4) is 0 Å². The van der Waals surface area contributed by atoms with Gasteiger partial charge in [-0.05, 0) is 24.3 Å². The van der Waals surface area contributed by atoms with Crippen molar-refractivity contribution in [3.8, 4) is 11.5 Å². The van der Waals surface area contributed by atoms with Gasteiger partial charge in [-0.25, -0.2) is 9.82 Å². The highest BCUT2D eigenvalue weighted by Gasteiger charge is 2.15. The van der Waals surface area contributed by atoms with E-state index in [1.807, 2.05) is 0 Å². The van der Waals surface area contributed by atoms with Crippen LogP contribution in [0.4, 0.5) is 4.39 Å². The number of hydrazone groups is 1. The molecule has 0 aliphatic heterocycles. The number of aliphatic hydroxyl groups excluding tert-OH is 1. The Morgan fingerprint density at radius 1 is 1.14 bits per heavy atom. The van der Waals surface area contributed by atoms with Crippen LogP contribution in [0.2, 0.25) is 0 Å². The van der Waals surface area contributed by atoms with Crippen molar-refractivity contribution in [1.29, 1.82) is 0 Å². The third-order valence-corrected chi connectivity index (χ3v) is 5.91. The summed E-state index contributed by atoms with van der Waals surface area (Å²) in [6, 6.07) is 9.35. The van der Waals surface area contributed by atoms with Crippen molar-refractivity contribution in [3.05, 3.63) is 58.7 Å². The van der Waals surface area contributed by atoms with E-state index in [2.05, 4.69) is 15.8 Å². The number of carbonyl (C=O) groups excluding carboxylic acids is 2. The normalized spacial score (nSPS) is 11.4. The predicted octanol–water partition coefficient (Wildman–Crippen LogP) is 2.71. The second kappa shape index (κ2) is 12.8. The van der Waals surface area contributed by atoms with Gasteiger partial charge >= 0.3 is 0 Å². The van der Waals surface area contributed by atoms with Crippen molar-refractivity contribution in [3.63, 3.8) is 0 Å². The lowest BCUT2D eigenvalue weighted by molar-refractivity contribution is -0.120. The summed E-state index contributed by atoms with van der Waals surface area (Å²) in [7, 11) is 2.98. The highest BCUT2D eigenvalue weighted by atomic mass is 32.1. The first-order valence-electron chi connectivity index (χ1n) is 10.7. The summed E-state index contributed by atoms with van der Waals surface area (Å²) in [5, 5.41) is 18.1. The van der Waals surface area contributed by atoms with Crippen LogP contribution >= 0.6 is 11.3 Å². The molecule has 0 aliphatic rings. The number of carbonyl (C=O) groups is 2. The molecule has 0 saturated carbocycles. The van der Waals surface area contributed by atoms with E-state index in [1.165, 1.54) is 36.6 Å². The minimum Gasteiger partial charge on any atom is -0.493 e. The predicted molar refractivity (Wildman–Crippen MR) is 131 cm³/mol. The smallest absolute Gasteiger partial charge is 0.259 e. The Balaban J connectivity index is 1.65. The Bertz CT molecular complexity index is 1210. The second-order valence-electron chi connectivity index (χ2n) is 7.22. The van der Waals surface area contributed by atoms with Gasteiger partial charge in [-0.15, -0.1) is 11.3 Å².